The second kappa shape index (κ2) is 30.1. The Balaban J connectivity index is 0.833. The molecule has 0 spiro atoms. The van der Waals surface area contributed by atoms with Gasteiger partial charge in [0.25, 0.3) is 5.91 Å². The lowest BCUT2D eigenvalue weighted by Gasteiger charge is -2.21. The number of carbonyl (C=O) groups is 2. The molecule has 0 unspecified atom stereocenters. The smallest absolute Gasteiger partial charge is 0.349 e. The number of nitrogens with one attached hydrogen (secondary N) is 2. The first kappa shape index (κ1) is 49.7. The van der Waals surface area contributed by atoms with Crippen LogP contribution in [-0.4, -0.2) is 158 Å². The molecule has 0 aliphatic rings. The van der Waals surface area contributed by atoms with Crippen LogP contribution < -0.4 is 21.2 Å². The third-order valence-corrected chi connectivity index (χ3v) is 8.98. The standard InChI is InChI=1S/C43H61N7O12/c1-4-50(5-2)37-11-10-36-30-38(43(53)62-39(36)31-37)42(52)44-13-15-55-17-19-57-21-23-59-25-27-61-29-28-60-26-24-58-22-20-56-18-16-54-14-12-40(51)45-32-34-6-8-35(9-7-34)41-48-46-33(3)47-49-41/h6-11,30-31H,4-5,12-29,32H2,1-3H3,(H,44,52)(H,45,51). The highest BCUT2D eigenvalue weighted by Crippen LogP contribution is 2.22. The number of aryl methyl sites for hydroxylation is 1. The number of amides is 2. The highest BCUT2D eigenvalue weighted by atomic mass is 16.6. The normalized spacial score (nSPS) is 11.3. The first-order valence-electron chi connectivity index (χ1n) is 21.0. The SMILES string of the molecule is CCN(CC)c1ccc2cc(C(=O)NCCOCCOCCOCCOCCOCCOCCOCCOCCC(=O)NCc3ccc(-c4nnc(C)nn4)cc3)c(=O)oc2c1. The van der Waals surface area contributed by atoms with Crippen molar-refractivity contribution in [3.63, 3.8) is 0 Å². The highest BCUT2D eigenvalue weighted by molar-refractivity contribution is 5.97. The lowest BCUT2D eigenvalue weighted by molar-refractivity contribution is -0.122. The number of rotatable bonds is 34. The Labute approximate surface area is 362 Å². The number of carbonyl (C=O) groups excluding carboxylic acids is 2. The number of benzene rings is 2. The first-order chi connectivity index (χ1) is 30.4. The molecule has 0 aliphatic carbocycles. The number of hydrogen-bond donors (Lipinski definition) is 2. The van der Waals surface area contributed by atoms with Gasteiger partial charge in [-0.3, -0.25) is 9.59 Å². The van der Waals surface area contributed by atoms with Gasteiger partial charge < -0.3 is 57.8 Å². The minimum absolute atomic E-state index is 0.0449. The van der Waals surface area contributed by atoms with E-state index in [-0.39, 0.29) is 31.0 Å². The van der Waals surface area contributed by atoms with Gasteiger partial charge in [-0.2, -0.15) is 0 Å². The summed E-state index contributed by atoms with van der Waals surface area (Å²) in [7, 11) is 0. The largest absolute Gasteiger partial charge is 0.422 e. The van der Waals surface area contributed by atoms with Gasteiger partial charge in [0, 0.05) is 55.3 Å². The number of nitrogens with zero attached hydrogens (tertiary/aromatic N) is 5. The minimum atomic E-state index is -0.679. The van der Waals surface area contributed by atoms with Crippen LogP contribution in [0.4, 0.5) is 5.69 Å². The number of aromatic nitrogens is 4. The van der Waals surface area contributed by atoms with Gasteiger partial charge in [-0.15, -0.1) is 20.4 Å². The molecule has 0 fully saturated rings. The zero-order valence-corrected chi connectivity index (χ0v) is 36.1. The Kier molecular flexibility index (Phi) is 24.1. The van der Waals surface area contributed by atoms with Crippen LogP contribution in [0.1, 0.15) is 42.0 Å². The predicted molar refractivity (Wildman–Crippen MR) is 229 cm³/mol. The fourth-order valence-corrected chi connectivity index (χ4v) is 5.64. The zero-order valence-electron chi connectivity index (χ0n) is 36.1. The summed E-state index contributed by atoms with van der Waals surface area (Å²) in [6.07, 6.45) is 0.258. The van der Waals surface area contributed by atoms with Crippen molar-refractivity contribution in [2.75, 3.05) is 130 Å². The van der Waals surface area contributed by atoms with Gasteiger partial charge in [-0.05, 0) is 44.5 Å². The van der Waals surface area contributed by atoms with Crippen molar-refractivity contribution in [1.29, 1.82) is 0 Å². The van der Waals surface area contributed by atoms with Crippen LogP contribution in [0.25, 0.3) is 22.4 Å². The van der Waals surface area contributed by atoms with Gasteiger partial charge in [0.15, 0.2) is 5.82 Å². The molecule has 2 aromatic heterocycles. The fourth-order valence-electron chi connectivity index (χ4n) is 5.64. The Hall–Kier alpha value is -4.99. The number of fused-ring (bicyclic) bond motifs is 1. The molecule has 340 valence electrons. The molecular weight excluding hydrogens is 807 g/mol. The topological polar surface area (TPSA) is 217 Å². The van der Waals surface area contributed by atoms with Gasteiger partial charge in [-0.1, -0.05) is 24.3 Å². The number of anilines is 1. The lowest BCUT2D eigenvalue weighted by Crippen LogP contribution is -2.31. The third kappa shape index (κ3) is 19.4. The van der Waals surface area contributed by atoms with Crippen molar-refractivity contribution < 1.29 is 51.9 Å². The summed E-state index contributed by atoms with van der Waals surface area (Å²) in [5, 5.41) is 22.1. The summed E-state index contributed by atoms with van der Waals surface area (Å²) >= 11 is 0. The van der Waals surface area contributed by atoms with E-state index >= 15 is 0 Å². The highest BCUT2D eigenvalue weighted by Gasteiger charge is 2.14. The molecule has 0 saturated heterocycles. The second-order valence-corrected chi connectivity index (χ2v) is 13.5. The molecule has 0 saturated carbocycles. The molecular formula is C43H61N7O12. The van der Waals surface area contributed by atoms with Crippen molar-refractivity contribution >= 4 is 28.5 Å². The van der Waals surface area contributed by atoms with Gasteiger partial charge in [0.2, 0.25) is 11.7 Å². The first-order valence-corrected chi connectivity index (χ1v) is 21.0. The van der Waals surface area contributed by atoms with Crippen LogP contribution >= 0.6 is 0 Å². The van der Waals surface area contributed by atoms with Gasteiger partial charge in [0.05, 0.1) is 106 Å². The summed E-state index contributed by atoms with van der Waals surface area (Å²) < 4.78 is 49.4. The van der Waals surface area contributed by atoms with E-state index in [4.69, 9.17) is 42.3 Å². The Morgan fingerprint density at radius 3 is 1.63 bits per heavy atom. The van der Waals surface area contributed by atoms with E-state index in [0.29, 0.717) is 128 Å². The molecule has 2 aromatic carbocycles. The van der Waals surface area contributed by atoms with Crippen molar-refractivity contribution in [3.8, 4) is 11.4 Å². The minimum Gasteiger partial charge on any atom is -0.422 e. The summed E-state index contributed by atoms with van der Waals surface area (Å²) in [6.45, 7) is 14.7. The van der Waals surface area contributed by atoms with Crippen molar-refractivity contribution in [2.24, 2.45) is 0 Å². The van der Waals surface area contributed by atoms with E-state index in [0.717, 1.165) is 29.9 Å². The average molecular weight is 868 g/mol. The van der Waals surface area contributed by atoms with Gasteiger partial charge >= 0.3 is 5.63 Å². The molecule has 0 aliphatic heterocycles. The predicted octanol–water partition coefficient (Wildman–Crippen LogP) is 2.76. The molecule has 19 nitrogen and oxygen atoms in total. The van der Waals surface area contributed by atoms with E-state index in [1.54, 1.807) is 13.0 Å². The summed E-state index contributed by atoms with van der Waals surface area (Å²) in [5.41, 5.74) is 2.43. The quantitative estimate of drug-likeness (QED) is 0.0510. The Morgan fingerprint density at radius 2 is 1.11 bits per heavy atom. The average Bonchev–Trinajstić information content (AvgIpc) is 3.28. The lowest BCUT2D eigenvalue weighted by atomic mass is 10.1. The monoisotopic (exact) mass is 867 g/mol. The van der Waals surface area contributed by atoms with Gasteiger partial charge in [-0.25, -0.2) is 4.79 Å². The van der Waals surface area contributed by atoms with Crippen LogP contribution in [0.3, 0.4) is 0 Å². The van der Waals surface area contributed by atoms with Crippen molar-refractivity contribution in [1.82, 2.24) is 31.0 Å². The molecule has 2 heterocycles. The summed E-state index contributed by atoms with van der Waals surface area (Å²) in [6, 6.07) is 14.7. The molecule has 0 atom stereocenters. The third-order valence-electron chi connectivity index (χ3n) is 8.98. The van der Waals surface area contributed by atoms with Crippen LogP contribution in [0.5, 0.6) is 0 Å². The maximum absolute atomic E-state index is 12.6. The molecule has 2 N–H and O–H groups in total. The molecule has 4 aromatic rings. The summed E-state index contributed by atoms with van der Waals surface area (Å²) in [4.78, 5) is 39.3. The van der Waals surface area contributed by atoms with E-state index in [1.165, 1.54) is 0 Å². The molecule has 62 heavy (non-hydrogen) atoms. The fraction of sp³-hybridized carbons (Fsp3) is 0.558. The molecule has 2 amide bonds. The maximum atomic E-state index is 12.6. The van der Waals surface area contributed by atoms with E-state index < -0.39 is 11.5 Å². The van der Waals surface area contributed by atoms with E-state index in [9.17, 15) is 14.4 Å². The second-order valence-electron chi connectivity index (χ2n) is 13.5. The Morgan fingerprint density at radius 1 is 0.613 bits per heavy atom. The molecule has 4 rings (SSSR count). The van der Waals surface area contributed by atoms with Crippen molar-refractivity contribution in [3.05, 3.63) is 75.9 Å². The molecule has 0 radical (unpaired) electrons. The van der Waals surface area contributed by atoms with E-state index in [2.05, 4.69) is 49.8 Å². The molecule has 0 bridgehead atoms. The summed E-state index contributed by atoms with van der Waals surface area (Å²) in [5.74, 6) is 0.358. The van der Waals surface area contributed by atoms with Crippen LogP contribution in [0.15, 0.2) is 57.7 Å². The maximum Gasteiger partial charge on any atom is 0.349 e. The van der Waals surface area contributed by atoms with Crippen LogP contribution in [0, 0.1) is 6.92 Å². The van der Waals surface area contributed by atoms with Crippen molar-refractivity contribution in [2.45, 2.75) is 33.7 Å². The van der Waals surface area contributed by atoms with Crippen LogP contribution in [-0.2, 0) is 49.2 Å². The number of ether oxygens (including phenoxy) is 8. The zero-order chi connectivity index (χ0) is 44.0. The van der Waals surface area contributed by atoms with Gasteiger partial charge in [0.1, 0.15) is 11.1 Å². The number of hydrogen-bond acceptors (Lipinski definition) is 17. The van der Waals surface area contributed by atoms with E-state index in [1.807, 2.05) is 42.5 Å². The van der Waals surface area contributed by atoms with Crippen LogP contribution in [0.2, 0.25) is 0 Å². The molecule has 19 heteroatoms. The Bertz CT molecular complexity index is 1910.